The molecule has 2 aliphatic heterocycles. The summed E-state index contributed by atoms with van der Waals surface area (Å²) < 4.78 is 12.2. The Kier molecular flexibility index (Phi) is 5.03. The van der Waals surface area contributed by atoms with Gasteiger partial charge in [-0.05, 0) is 45.4 Å². The lowest BCUT2D eigenvalue weighted by Gasteiger charge is -2.35. The summed E-state index contributed by atoms with van der Waals surface area (Å²) >= 11 is 0. The zero-order chi connectivity index (χ0) is 19.1. The third-order valence-electron chi connectivity index (χ3n) is 7.13. The number of hydrogen-bond donors (Lipinski definition) is 2. The van der Waals surface area contributed by atoms with Gasteiger partial charge in [-0.15, -0.1) is 0 Å². The van der Waals surface area contributed by atoms with Crippen molar-refractivity contribution in [1.82, 2.24) is 20.8 Å². The Bertz CT molecular complexity index is 697. The van der Waals surface area contributed by atoms with E-state index >= 15 is 0 Å². The van der Waals surface area contributed by atoms with Crippen molar-refractivity contribution in [3.05, 3.63) is 18.1 Å². The van der Waals surface area contributed by atoms with E-state index in [1.165, 1.54) is 12.8 Å². The number of nitrogens with zero attached hydrogens (tertiary/aromatic N) is 3. The second-order valence-corrected chi connectivity index (χ2v) is 9.05. The van der Waals surface area contributed by atoms with Gasteiger partial charge in [-0.1, -0.05) is 6.92 Å². The van der Waals surface area contributed by atoms with Crippen molar-refractivity contribution in [2.75, 3.05) is 24.6 Å². The molecule has 2 saturated carbocycles. The summed E-state index contributed by atoms with van der Waals surface area (Å²) in [5.74, 6) is 1.52. The largest absolute Gasteiger partial charge is 0.375 e. The number of rotatable bonds is 5. The number of fused-ring (bicyclic) bond motifs is 1. The molecule has 0 spiro atoms. The highest BCUT2D eigenvalue weighted by Gasteiger charge is 2.47. The van der Waals surface area contributed by atoms with Gasteiger partial charge in [-0.3, -0.25) is 5.43 Å². The fourth-order valence-electron chi connectivity index (χ4n) is 5.20. The first-order chi connectivity index (χ1) is 13.7. The van der Waals surface area contributed by atoms with Gasteiger partial charge in [-0.2, -0.15) is 0 Å². The number of aromatic nitrogens is 2. The summed E-state index contributed by atoms with van der Waals surface area (Å²) in [5.41, 5.74) is 8.34. The minimum atomic E-state index is 0.196. The monoisotopic (exact) mass is 387 g/mol. The van der Waals surface area contributed by atoms with E-state index in [2.05, 4.69) is 45.6 Å². The molecule has 0 bridgehead atoms. The van der Waals surface area contributed by atoms with Crippen molar-refractivity contribution < 1.29 is 9.47 Å². The van der Waals surface area contributed by atoms with Gasteiger partial charge in [-0.25, -0.2) is 15.4 Å². The topological polar surface area (TPSA) is 71.5 Å². The molecule has 2 N–H and O–H groups in total. The van der Waals surface area contributed by atoms with Crippen LogP contribution in [0.25, 0.3) is 0 Å². The Labute approximate surface area is 167 Å². The molecule has 2 aliphatic carbocycles. The molecule has 0 amide bonds. The molecule has 7 nitrogen and oxygen atoms in total. The highest BCUT2D eigenvalue weighted by atomic mass is 16.5. The van der Waals surface area contributed by atoms with Gasteiger partial charge < -0.3 is 14.4 Å². The average Bonchev–Trinajstić information content (AvgIpc) is 3.37. The van der Waals surface area contributed by atoms with Crippen molar-refractivity contribution in [3.8, 4) is 0 Å². The van der Waals surface area contributed by atoms with E-state index in [-0.39, 0.29) is 17.7 Å². The molecule has 0 radical (unpaired) electrons. The summed E-state index contributed by atoms with van der Waals surface area (Å²) in [7, 11) is 0. The van der Waals surface area contributed by atoms with E-state index < -0.39 is 0 Å². The number of ether oxygens (including phenoxy) is 2. The standard InChI is InChI=1S/C21H33N5O2/c1-3-21(6-7-21)28-15-4-5-17-16(10-15)20(25-24-17)18-11-19(23-13-22-18)26-8-9-27-14(2)12-26/h11,13-17,20,24-25H,3-10,12H2,1-2H3/t14-,15?,16?,17?,20?/m0/s1. The van der Waals surface area contributed by atoms with Crippen molar-refractivity contribution in [2.45, 2.75) is 82.3 Å². The molecule has 4 aliphatic rings. The van der Waals surface area contributed by atoms with E-state index in [0.29, 0.717) is 18.1 Å². The minimum Gasteiger partial charge on any atom is -0.375 e. The SMILES string of the molecule is CCC1(OC2CCC3NNC(c4cc(N5CCO[C@@H](C)C5)ncn4)C3C2)CC1. The molecule has 1 aromatic heterocycles. The van der Waals surface area contributed by atoms with Crippen molar-refractivity contribution in [1.29, 1.82) is 0 Å². The van der Waals surface area contributed by atoms with Crippen molar-refractivity contribution in [2.24, 2.45) is 5.92 Å². The summed E-state index contributed by atoms with van der Waals surface area (Å²) in [4.78, 5) is 11.5. The van der Waals surface area contributed by atoms with Gasteiger partial charge in [0, 0.05) is 31.1 Å². The predicted octanol–water partition coefficient (Wildman–Crippen LogP) is 2.35. The molecule has 0 aromatic carbocycles. The second-order valence-electron chi connectivity index (χ2n) is 9.05. The lowest BCUT2D eigenvalue weighted by atomic mass is 9.79. The maximum Gasteiger partial charge on any atom is 0.132 e. The van der Waals surface area contributed by atoms with Crippen LogP contribution in [0.2, 0.25) is 0 Å². The number of hydrogen-bond acceptors (Lipinski definition) is 7. The van der Waals surface area contributed by atoms with Gasteiger partial charge >= 0.3 is 0 Å². The fourth-order valence-corrected chi connectivity index (χ4v) is 5.20. The van der Waals surface area contributed by atoms with Gasteiger partial charge in [0.1, 0.15) is 12.1 Å². The molecule has 5 atom stereocenters. The van der Waals surface area contributed by atoms with E-state index in [1.54, 1.807) is 6.33 Å². The molecule has 3 heterocycles. The molecule has 4 fully saturated rings. The highest BCUT2D eigenvalue weighted by Crippen LogP contribution is 2.47. The predicted molar refractivity (Wildman–Crippen MR) is 107 cm³/mol. The zero-order valence-electron chi connectivity index (χ0n) is 17.1. The molecule has 4 unspecified atom stereocenters. The fraction of sp³-hybridized carbons (Fsp3) is 0.810. The normalized spacial score (nSPS) is 36.9. The van der Waals surface area contributed by atoms with Crippen molar-refractivity contribution >= 4 is 5.82 Å². The zero-order valence-corrected chi connectivity index (χ0v) is 17.1. The third-order valence-corrected chi connectivity index (χ3v) is 7.13. The van der Waals surface area contributed by atoms with Gasteiger partial charge in [0.2, 0.25) is 0 Å². The average molecular weight is 388 g/mol. The molecular formula is C21H33N5O2. The number of anilines is 1. The first-order valence-corrected chi connectivity index (χ1v) is 11.0. The maximum atomic E-state index is 6.55. The Morgan fingerprint density at radius 3 is 2.96 bits per heavy atom. The molecule has 2 saturated heterocycles. The first-order valence-electron chi connectivity index (χ1n) is 11.0. The first kappa shape index (κ1) is 18.7. The lowest BCUT2D eigenvalue weighted by Crippen LogP contribution is -2.41. The van der Waals surface area contributed by atoms with Crippen LogP contribution in [-0.2, 0) is 9.47 Å². The maximum absolute atomic E-state index is 6.55. The Balaban J connectivity index is 1.30. The van der Waals surface area contributed by atoms with Crippen molar-refractivity contribution in [3.63, 3.8) is 0 Å². The summed E-state index contributed by atoms with van der Waals surface area (Å²) in [6.07, 6.45) is 9.38. The molecule has 154 valence electrons. The molecule has 1 aromatic rings. The number of nitrogens with one attached hydrogen (secondary N) is 2. The molecular weight excluding hydrogens is 354 g/mol. The van der Waals surface area contributed by atoms with Crippen LogP contribution < -0.4 is 15.8 Å². The summed E-state index contributed by atoms with van der Waals surface area (Å²) in [5, 5.41) is 0. The summed E-state index contributed by atoms with van der Waals surface area (Å²) in [6.45, 7) is 6.90. The highest BCUT2D eigenvalue weighted by molar-refractivity contribution is 5.40. The number of hydrazine groups is 1. The minimum absolute atomic E-state index is 0.196. The summed E-state index contributed by atoms with van der Waals surface area (Å²) in [6, 6.07) is 2.88. The third kappa shape index (κ3) is 3.65. The molecule has 5 rings (SSSR count). The molecule has 28 heavy (non-hydrogen) atoms. The van der Waals surface area contributed by atoms with Gasteiger partial charge in [0.05, 0.1) is 36.2 Å². The van der Waals surface area contributed by atoms with E-state index in [4.69, 9.17) is 9.47 Å². The van der Waals surface area contributed by atoms with Crippen LogP contribution in [-0.4, -0.2) is 53.5 Å². The Morgan fingerprint density at radius 2 is 2.18 bits per heavy atom. The Morgan fingerprint density at radius 1 is 1.29 bits per heavy atom. The molecule has 7 heteroatoms. The quantitative estimate of drug-likeness (QED) is 0.803. The smallest absolute Gasteiger partial charge is 0.132 e. The van der Waals surface area contributed by atoms with Gasteiger partial charge in [0.15, 0.2) is 0 Å². The second kappa shape index (κ2) is 7.52. The Hall–Kier alpha value is -1.28. The lowest BCUT2D eigenvalue weighted by molar-refractivity contribution is -0.0603. The van der Waals surface area contributed by atoms with Crippen LogP contribution in [0.1, 0.15) is 64.1 Å². The van der Waals surface area contributed by atoms with Crippen LogP contribution in [0.15, 0.2) is 12.4 Å². The van der Waals surface area contributed by atoms with Crippen LogP contribution in [0, 0.1) is 5.92 Å². The van der Waals surface area contributed by atoms with Crippen LogP contribution in [0.4, 0.5) is 5.82 Å². The van der Waals surface area contributed by atoms with Crippen LogP contribution in [0.5, 0.6) is 0 Å². The van der Waals surface area contributed by atoms with E-state index in [9.17, 15) is 0 Å². The van der Waals surface area contributed by atoms with Crippen LogP contribution in [0.3, 0.4) is 0 Å². The van der Waals surface area contributed by atoms with E-state index in [1.807, 2.05) is 0 Å². The van der Waals surface area contributed by atoms with Gasteiger partial charge in [0.25, 0.3) is 0 Å². The number of morpholine rings is 1. The van der Waals surface area contributed by atoms with E-state index in [0.717, 1.165) is 56.9 Å². The van der Waals surface area contributed by atoms with Crippen LogP contribution >= 0.6 is 0 Å².